The highest BCUT2D eigenvalue weighted by Gasteiger charge is 2.27. The number of rotatable bonds is 10. The van der Waals surface area contributed by atoms with E-state index in [4.69, 9.17) is 14.2 Å². The summed E-state index contributed by atoms with van der Waals surface area (Å²) in [6, 6.07) is 10.5. The Hall–Kier alpha value is -3.13. The van der Waals surface area contributed by atoms with Crippen LogP contribution in [0.5, 0.6) is 11.5 Å². The Labute approximate surface area is 193 Å². The predicted octanol–water partition coefficient (Wildman–Crippen LogP) is 3.10. The molecule has 0 bridgehead atoms. The third-order valence-electron chi connectivity index (χ3n) is 5.76. The minimum atomic E-state index is -0.718. The molecule has 0 unspecified atom stereocenters. The molecule has 2 aromatic rings. The van der Waals surface area contributed by atoms with Gasteiger partial charge in [-0.25, -0.2) is 4.39 Å². The maximum Gasteiger partial charge on any atom is 0.242 e. The summed E-state index contributed by atoms with van der Waals surface area (Å²) in [5, 5.41) is 2.90. The molecule has 1 saturated heterocycles. The van der Waals surface area contributed by atoms with Gasteiger partial charge in [0, 0.05) is 19.7 Å². The van der Waals surface area contributed by atoms with E-state index in [0.29, 0.717) is 24.7 Å². The van der Waals surface area contributed by atoms with Crippen molar-refractivity contribution in [3.63, 3.8) is 0 Å². The lowest BCUT2D eigenvalue weighted by Gasteiger charge is -2.29. The first-order valence-electron chi connectivity index (χ1n) is 11.1. The predicted molar refractivity (Wildman–Crippen MR) is 122 cm³/mol. The van der Waals surface area contributed by atoms with E-state index in [1.807, 2.05) is 0 Å². The van der Waals surface area contributed by atoms with Gasteiger partial charge in [0.1, 0.15) is 11.9 Å². The van der Waals surface area contributed by atoms with Crippen molar-refractivity contribution in [3.05, 3.63) is 59.4 Å². The molecule has 3 rings (SSSR count). The average Bonchev–Trinajstić information content (AvgIpc) is 3.35. The fourth-order valence-electron chi connectivity index (χ4n) is 3.80. The molecule has 1 fully saturated rings. The number of nitrogens with one attached hydrogen (secondary N) is 1. The topological polar surface area (TPSA) is 77.1 Å². The van der Waals surface area contributed by atoms with E-state index in [1.54, 1.807) is 44.4 Å². The molecule has 8 heteroatoms. The van der Waals surface area contributed by atoms with Crippen LogP contribution >= 0.6 is 0 Å². The lowest BCUT2D eigenvalue weighted by Crippen LogP contribution is -2.49. The van der Waals surface area contributed by atoms with Crippen molar-refractivity contribution in [2.75, 3.05) is 27.4 Å². The maximum atomic E-state index is 13.4. The van der Waals surface area contributed by atoms with Crippen LogP contribution in [0.4, 0.5) is 4.39 Å². The summed E-state index contributed by atoms with van der Waals surface area (Å²) in [5.41, 5.74) is 1.46. The van der Waals surface area contributed by atoms with Crippen molar-refractivity contribution in [1.29, 1.82) is 0 Å². The van der Waals surface area contributed by atoms with Crippen molar-refractivity contribution in [2.24, 2.45) is 0 Å². The number of carbonyl (C=O) groups excluding carboxylic acids is 2. The van der Waals surface area contributed by atoms with Gasteiger partial charge in [-0.3, -0.25) is 9.59 Å². The lowest BCUT2D eigenvalue weighted by atomic mass is 10.1. The SMILES string of the molecule is COc1ccc(CC(=O)N(Cc2ccc(F)cc2)[C@H](C)C(=O)NC[C@H]2CCCO2)cc1OC. The Kier molecular flexibility index (Phi) is 8.65. The number of methoxy groups -OCH3 is 2. The fraction of sp³-hybridized carbons (Fsp3) is 0.440. The van der Waals surface area contributed by atoms with E-state index in [0.717, 1.165) is 24.0 Å². The molecule has 33 heavy (non-hydrogen) atoms. The van der Waals surface area contributed by atoms with Gasteiger partial charge in [0.25, 0.3) is 0 Å². The van der Waals surface area contributed by atoms with Crippen LogP contribution in [-0.2, 0) is 27.3 Å². The lowest BCUT2D eigenvalue weighted by molar-refractivity contribution is -0.140. The third kappa shape index (κ3) is 6.68. The van der Waals surface area contributed by atoms with Crippen LogP contribution in [0.3, 0.4) is 0 Å². The molecule has 7 nitrogen and oxygen atoms in total. The molecule has 2 amide bonds. The fourth-order valence-corrected chi connectivity index (χ4v) is 3.80. The number of carbonyl (C=O) groups is 2. The number of hydrogen-bond donors (Lipinski definition) is 1. The van der Waals surface area contributed by atoms with Crippen LogP contribution in [-0.4, -0.2) is 56.2 Å². The zero-order valence-corrected chi connectivity index (χ0v) is 19.3. The molecule has 1 aliphatic rings. The number of benzene rings is 2. The number of hydrogen-bond acceptors (Lipinski definition) is 5. The van der Waals surface area contributed by atoms with Gasteiger partial charge in [-0.15, -0.1) is 0 Å². The Morgan fingerprint density at radius 3 is 2.45 bits per heavy atom. The van der Waals surface area contributed by atoms with Gasteiger partial charge in [-0.1, -0.05) is 18.2 Å². The van der Waals surface area contributed by atoms with Gasteiger partial charge >= 0.3 is 0 Å². The second kappa shape index (κ2) is 11.7. The quantitative estimate of drug-likeness (QED) is 0.592. The number of amides is 2. The molecule has 0 saturated carbocycles. The first kappa shape index (κ1) is 24.5. The molecule has 0 aliphatic carbocycles. The highest BCUT2D eigenvalue weighted by molar-refractivity contribution is 5.88. The second-order valence-corrected chi connectivity index (χ2v) is 8.07. The summed E-state index contributed by atoms with van der Waals surface area (Å²) in [5.74, 6) is 0.248. The normalized spacial score (nSPS) is 16.2. The van der Waals surface area contributed by atoms with Crippen molar-refractivity contribution < 1.29 is 28.2 Å². The minimum absolute atomic E-state index is 0.00849. The first-order valence-corrected chi connectivity index (χ1v) is 11.1. The third-order valence-corrected chi connectivity index (χ3v) is 5.76. The molecule has 0 radical (unpaired) electrons. The van der Waals surface area contributed by atoms with Gasteiger partial charge in [0.15, 0.2) is 11.5 Å². The highest BCUT2D eigenvalue weighted by atomic mass is 19.1. The molecule has 0 spiro atoms. The number of halogens is 1. The zero-order valence-electron chi connectivity index (χ0n) is 19.3. The molecular weight excluding hydrogens is 427 g/mol. The number of nitrogens with zero attached hydrogens (tertiary/aromatic N) is 1. The van der Waals surface area contributed by atoms with Crippen molar-refractivity contribution in [2.45, 2.75) is 44.9 Å². The minimum Gasteiger partial charge on any atom is -0.493 e. The van der Waals surface area contributed by atoms with Crippen LogP contribution in [0.2, 0.25) is 0 Å². The van der Waals surface area contributed by atoms with Gasteiger partial charge in [-0.2, -0.15) is 0 Å². The van der Waals surface area contributed by atoms with E-state index < -0.39 is 6.04 Å². The summed E-state index contributed by atoms with van der Waals surface area (Å²) in [6.07, 6.45) is 1.97. The zero-order chi connectivity index (χ0) is 23.8. The van der Waals surface area contributed by atoms with Crippen molar-refractivity contribution in [1.82, 2.24) is 10.2 Å². The molecular formula is C25H31FN2O5. The molecule has 0 aromatic heterocycles. The summed E-state index contributed by atoms with van der Waals surface area (Å²) in [6.45, 7) is 3.00. The van der Waals surface area contributed by atoms with Crippen LogP contribution < -0.4 is 14.8 Å². The molecule has 2 aromatic carbocycles. The Morgan fingerprint density at radius 1 is 1.12 bits per heavy atom. The maximum absolute atomic E-state index is 13.4. The van der Waals surface area contributed by atoms with Gasteiger partial charge in [0.2, 0.25) is 11.8 Å². The molecule has 2 atom stereocenters. The Balaban J connectivity index is 1.75. The van der Waals surface area contributed by atoms with Crippen LogP contribution in [0.15, 0.2) is 42.5 Å². The van der Waals surface area contributed by atoms with Crippen LogP contribution in [0, 0.1) is 5.82 Å². The smallest absolute Gasteiger partial charge is 0.242 e. The summed E-state index contributed by atoms with van der Waals surface area (Å²) in [4.78, 5) is 27.7. The summed E-state index contributed by atoms with van der Waals surface area (Å²) >= 11 is 0. The van der Waals surface area contributed by atoms with Gasteiger partial charge in [-0.05, 0) is 55.2 Å². The first-order chi connectivity index (χ1) is 15.9. The number of ether oxygens (including phenoxy) is 3. The average molecular weight is 459 g/mol. The Bertz CT molecular complexity index is 944. The van der Waals surface area contributed by atoms with Gasteiger partial charge in [0.05, 0.1) is 26.7 Å². The Morgan fingerprint density at radius 2 is 1.82 bits per heavy atom. The van der Waals surface area contributed by atoms with E-state index >= 15 is 0 Å². The second-order valence-electron chi connectivity index (χ2n) is 8.07. The van der Waals surface area contributed by atoms with Crippen molar-refractivity contribution >= 4 is 11.8 Å². The van der Waals surface area contributed by atoms with Crippen LogP contribution in [0.25, 0.3) is 0 Å². The monoisotopic (exact) mass is 458 g/mol. The molecule has 1 N–H and O–H groups in total. The summed E-state index contributed by atoms with van der Waals surface area (Å²) in [7, 11) is 3.08. The summed E-state index contributed by atoms with van der Waals surface area (Å²) < 4.78 is 29.5. The van der Waals surface area contributed by atoms with E-state index in [2.05, 4.69) is 5.32 Å². The van der Waals surface area contributed by atoms with Gasteiger partial charge < -0.3 is 24.4 Å². The van der Waals surface area contributed by atoms with E-state index in [9.17, 15) is 14.0 Å². The molecule has 1 heterocycles. The molecule has 178 valence electrons. The highest BCUT2D eigenvalue weighted by Crippen LogP contribution is 2.28. The standard InChI is InChI=1S/C25H31FN2O5/c1-17(25(30)27-15-21-5-4-12-33-21)28(16-18-6-9-20(26)10-7-18)24(29)14-19-8-11-22(31-2)23(13-19)32-3/h6-11,13,17,21H,4-5,12,14-16H2,1-3H3,(H,27,30)/t17-,21-/m1/s1. The van der Waals surface area contributed by atoms with Crippen molar-refractivity contribution in [3.8, 4) is 11.5 Å². The largest absolute Gasteiger partial charge is 0.493 e. The van der Waals surface area contributed by atoms with E-state index in [1.165, 1.54) is 24.1 Å². The van der Waals surface area contributed by atoms with E-state index in [-0.39, 0.29) is 36.7 Å². The molecule has 1 aliphatic heterocycles. The van der Waals surface area contributed by atoms with Crippen LogP contribution in [0.1, 0.15) is 30.9 Å².